The second-order valence-corrected chi connectivity index (χ2v) is 7.90. The second kappa shape index (κ2) is 8.34. The number of rotatable bonds is 6. The number of fused-ring (bicyclic) bond motifs is 1. The fourth-order valence-electron chi connectivity index (χ4n) is 4.41. The summed E-state index contributed by atoms with van der Waals surface area (Å²) in [5.74, 6) is 0.888. The Bertz CT molecular complexity index is 1020. The van der Waals surface area contributed by atoms with Crippen molar-refractivity contribution in [3.05, 3.63) is 65.0 Å². The largest absolute Gasteiger partial charge is 0.497 e. The Morgan fingerprint density at radius 2 is 2.07 bits per heavy atom. The molecule has 0 unspecified atom stereocenters. The molecule has 1 amide bonds. The van der Waals surface area contributed by atoms with Crippen LogP contribution in [0.4, 0.5) is 0 Å². The molecule has 0 aliphatic carbocycles. The van der Waals surface area contributed by atoms with Gasteiger partial charge in [-0.15, -0.1) is 0 Å². The van der Waals surface area contributed by atoms with Crippen LogP contribution < -0.4 is 4.74 Å². The summed E-state index contributed by atoms with van der Waals surface area (Å²) in [5.41, 5.74) is 4.99. The number of imidazole rings is 1. The molecular weight excluding hydrogens is 378 g/mol. The molecule has 0 saturated heterocycles. The fraction of sp³-hybridized carbons (Fsp3) is 0.435. The Morgan fingerprint density at radius 1 is 1.30 bits per heavy atom. The quantitative estimate of drug-likeness (QED) is 0.675. The van der Waals surface area contributed by atoms with Crippen LogP contribution in [0.2, 0.25) is 0 Å². The molecule has 1 aliphatic heterocycles. The number of nitrogens with one attached hydrogen (secondary N) is 1. The van der Waals surface area contributed by atoms with Gasteiger partial charge in [-0.05, 0) is 44.0 Å². The zero-order valence-corrected chi connectivity index (χ0v) is 18.1. The number of H-pyrrole nitrogens is 1. The minimum absolute atomic E-state index is 0.0949. The number of nitrogens with zero attached hydrogens (tertiary/aromatic N) is 4. The fourth-order valence-corrected chi connectivity index (χ4v) is 4.41. The highest BCUT2D eigenvalue weighted by atomic mass is 16.5. The van der Waals surface area contributed by atoms with Crippen molar-refractivity contribution < 1.29 is 9.53 Å². The minimum Gasteiger partial charge on any atom is -0.497 e. The summed E-state index contributed by atoms with van der Waals surface area (Å²) in [4.78, 5) is 23.7. The molecule has 1 N–H and O–H groups in total. The summed E-state index contributed by atoms with van der Waals surface area (Å²) in [6.45, 7) is 6.73. The molecule has 30 heavy (non-hydrogen) atoms. The van der Waals surface area contributed by atoms with E-state index in [0.29, 0.717) is 6.54 Å². The summed E-state index contributed by atoms with van der Waals surface area (Å²) in [6.07, 6.45) is 4.15. The molecule has 158 valence electrons. The molecule has 0 fully saturated rings. The molecule has 7 heteroatoms. The Hall–Kier alpha value is -3.09. The van der Waals surface area contributed by atoms with E-state index in [1.807, 2.05) is 53.8 Å². The van der Waals surface area contributed by atoms with Gasteiger partial charge in [0.25, 0.3) is 0 Å². The molecule has 4 rings (SSSR count). The number of ether oxygens (including phenoxy) is 1. The third kappa shape index (κ3) is 3.60. The highest BCUT2D eigenvalue weighted by Crippen LogP contribution is 2.36. The first-order valence-electron chi connectivity index (χ1n) is 10.5. The predicted molar refractivity (Wildman–Crippen MR) is 114 cm³/mol. The maximum Gasteiger partial charge on any atom is 0.248 e. The monoisotopic (exact) mass is 407 g/mol. The number of aryl methyl sites for hydroxylation is 2. The zero-order valence-electron chi connectivity index (χ0n) is 18.1. The van der Waals surface area contributed by atoms with Gasteiger partial charge >= 0.3 is 0 Å². The highest BCUT2D eigenvalue weighted by molar-refractivity contribution is 5.81. The van der Waals surface area contributed by atoms with Crippen LogP contribution >= 0.6 is 0 Å². The summed E-state index contributed by atoms with van der Waals surface area (Å²) in [6, 6.07) is 9.39. The molecule has 3 heterocycles. The van der Waals surface area contributed by atoms with E-state index in [-0.39, 0.29) is 18.0 Å². The number of aromatic amines is 1. The lowest BCUT2D eigenvalue weighted by Gasteiger charge is -2.37. The van der Waals surface area contributed by atoms with E-state index in [4.69, 9.17) is 4.74 Å². The smallest absolute Gasteiger partial charge is 0.248 e. The minimum atomic E-state index is -0.315. The summed E-state index contributed by atoms with van der Waals surface area (Å²) < 4.78 is 7.21. The van der Waals surface area contributed by atoms with Gasteiger partial charge in [-0.1, -0.05) is 25.5 Å². The van der Waals surface area contributed by atoms with Crippen LogP contribution in [0.1, 0.15) is 60.2 Å². The van der Waals surface area contributed by atoms with E-state index < -0.39 is 0 Å². The first-order valence-corrected chi connectivity index (χ1v) is 10.5. The molecular formula is C23H29N5O2. The van der Waals surface area contributed by atoms with Crippen molar-refractivity contribution in [2.24, 2.45) is 0 Å². The molecule has 3 aromatic rings. The Kier molecular flexibility index (Phi) is 5.61. The summed E-state index contributed by atoms with van der Waals surface area (Å²) >= 11 is 0. The SMILES string of the molecule is CCC[C@@H](C(=O)N1CCc2[nH]cnc2[C@H]1c1ccc(OC)cc1)n1nc(C)cc1C. The van der Waals surface area contributed by atoms with E-state index in [2.05, 4.69) is 22.0 Å². The average molecular weight is 408 g/mol. The van der Waals surface area contributed by atoms with Crippen molar-refractivity contribution in [3.8, 4) is 5.75 Å². The van der Waals surface area contributed by atoms with E-state index in [1.165, 1.54) is 0 Å². The van der Waals surface area contributed by atoms with Gasteiger partial charge in [-0.3, -0.25) is 9.48 Å². The number of amides is 1. The van der Waals surface area contributed by atoms with Gasteiger partial charge < -0.3 is 14.6 Å². The standard InChI is InChI=1S/C23H29N5O2/c1-5-6-20(28-16(3)13-15(2)26-28)23(29)27-12-11-19-21(25-14-24-19)22(27)17-7-9-18(30-4)10-8-17/h7-10,13-14,20,22H,5-6,11-12H2,1-4H3,(H,24,25)/t20-,22+/m0/s1. The van der Waals surface area contributed by atoms with Crippen LogP contribution in [0.3, 0.4) is 0 Å². The van der Waals surface area contributed by atoms with E-state index in [0.717, 1.165) is 53.4 Å². The molecule has 0 bridgehead atoms. The van der Waals surface area contributed by atoms with Crippen LogP contribution in [0, 0.1) is 13.8 Å². The Labute approximate surface area is 177 Å². The lowest BCUT2D eigenvalue weighted by molar-refractivity contribution is -0.137. The molecule has 1 aromatic carbocycles. The highest BCUT2D eigenvalue weighted by Gasteiger charge is 2.37. The van der Waals surface area contributed by atoms with Crippen LogP contribution in [0.5, 0.6) is 5.75 Å². The van der Waals surface area contributed by atoms with Gasteiger partial charge in [0.15, 0.2) is 0 Å². The molecule has 0 saturated carbocycles. The first kappa shape index (κ1) is 20.2. The maximum absolute atomic E-state index is 13.9. The molecule has 2 atom stereocenters. The van der Waals surface area contributed by atoms with Crippen molar-refractivity contribution >= 4 is 5.91 Å². The van der Waals surface area contributed by atoms with Crippen molar-refractivity contribution in [1.29, 1.82) is 0 Å². The third-order valence-electron chi connectivity index (χ3n) is 5.83. The van der Waals surface area contributed by atoms with Gasteiger partial charge in [0.05, 0.1) is 24.8 Å². The van der Waals surface area contributed by atoms with Crippen molar-refractivity contribution in [2.75, 3.05) is 13.7 Å². The van der Waals surface area contributed by atoms with Crippen LogP contribution in [-0.4, -0.2) is 44.2 Å². The number of aromatic nitrogens is 4. The Balaban J connectivity index is 1.74. The second-order valence-electron chi connectivity index (χ2n) is 7.90. The lowest BCUT2D eigenvalue weighted by atomic mass is 9.94. The van der Waals surface area contributed by atoms with E-state index in [9.17, 15) is 4.79 Å². The topological polar surface area (TPSA) is 76.0 Å². The van der Waals surface area contributed by atoms with Gasteiger partial charge in [0, 0.05) is 24.4 Å². The average Bonchev–Trinajstić information content (AvgIpc) is 3.36. The summed E-state index contributed by atoms with van der Waals surface area (Å²) in [7, 11) is 1.65. The van der Waals surface area contributed by atoms with Crippen molar-refractivity contribution in [2.45, 2.75) is 52.1 Å². The number of carbonyl (C=O) groups is 1. The van der Waals surface area contributed by atoms with E-state index in [1.54, 1.807) is 13.4 Å². The first-order chi connectivity index (χ1) is 14.5. The maximum atomic E-state index is 13.9. The normalized spacial score (nSPS) is 16.9. The number of hydrogen-bond donors (Lipinski definition) is 1. The number of methoxy groups -OCH3 is 1. The molecule has 1 aliphatic rings. The van der Waals surface area contributed by atoms with Gasteiger partial charge in [-0.25, -0.2) is 4.98 Å². The van der Waals surface area contributed by atoms with Gasteiger partial charge in [0.2, 0.25) is 5.91 Å². The third-order valence-corrected chi connectivity index (χ3v) is 5.83. The van der Waals surface area contributed by atoms with E-state index >= 15 is 0 Å². The zero-order chi connectivity index (χ0) is 21.3. The van der Waals surface area contributed by atoms with Crippen LogP contribution in [0.15, 0.2) is 36.7 Å². The van der Waals surface area contributed by atoms with Gasteiger partial charge in [0.1, 0.15) is 17.8 Å². The van der Waals surface area contributed by atoms with Crippen molar-refractivity contribution in [1.82, 2.24) is 24.6 Å². The van der Waals surface area contributed by atoms with Crippen molar-refractivity contribution in [3.63, 3.8) is 0 Å². The van der Waals surface area contributed by atoms with Gasteiger partial charge in [-0.2, -0.15) is 5.10 Å². The number of hydrogen-bond acceptors (Lipinski definition) is 4. The molecule has 7 nitrogen and oxygen atoms in total. The van der Waals surface area contributed by atoms with Crippen LogP contribution in [0.25, 0.3) is 0 Å². The number of benzene rings is 1. The van der Waals surface area contributed by atoms with Crippen LogP contribution in [-0.2, 0) is 11.2 Å². The molecule has 0 radical (unpaired) electrons. The molecule has 2 aromatic heterocycles. The number of carbonyl (C=O) groups excluding carboxylic acids is 1. The lowest BCUT2D eigenvalue weighted by Crippen LogP contribution is -2.44. The Morgan fingerprint density at radius 3 is 2.70 bits per heavy atom. The predicted octanol–water partition coefficient (Wildman–Crippen LogP) is 3.75. The molecule has 0 spiro atoms. The summed E-state index contributed by atoms with van der Waals surface area (Å²) in [5, 5.41) is 4.63.